The van der Waals surface area contributed by atoms with Crippen molar-refractivity contribution in [3.63, 3.8) is 0 Å². The van der Waals surface area contributed by atoms with Gasteiger partial charge >= 0.3 is 0 Å². The van der Waals surface area contributed by atoms with Gasteiger partial charge in [0.1, 0.15) is 0 Å². The summed E-state index contributed by atoms with van der Waals surface area (Å²) in [5, 5.41) is 26.8. The molecule has 0 aliphatic heterocycles. The minimum atomic E-state index is -1.22. The van der Waals surface area contributed by atoms with Crippen LogP contribution in [0.1, 0.15) is 0 Å². The maximum absolute atomic E-state index is 10.5. The van der Waals surface area contributed by atoms with E-state index in [0.29, 0.717) is 0 Å². The predicted octanol–water partition coefficient (Wildman–Crippen LogP) is -2.72. The SMILES string of the molecule is NC(=O)CN(P)C(CO)(CO)CO. The Morgan fingerprint density at radius 3 is 1.92 bits per heavy atom. The summed E-state index contributed by atoms with van der Waals surface area (Å²) in [6.07, 6.45) is 0. The van der Waals surface area contributed by atoms with Gasteiger partial charge in [-0.3, -0.25) is 9.46 Å². The van der Waals surface area contributed by atoms with Crippen molar-refractivity contribution in [1.29, 1.82) is 0 Å². The molecule has 0 heterocycles. The van der Waals surface area contributed by atoms with E-state index >= 15 is 0 Å². The maximum Gasteiger partial charge on any atom is 0.231 e. The summed E-state index contributed by atoms with van der Waals surface area (Å²) in [5.41, 5.74) is 3.69. The van der Waals surface area contributed by atoms with Gasteiger partial charge in [-0.1, -0.05) is 9.39 Å². The van der Waals surface area contributed by atoms with Gasteiger partial charge in [-0.05, 0) is 0 Å². The molecule has 0 radical (unpaired) electrons. The van der Waals surface area contributed by atoms with Crippen molar-refractivity contribution in [3.8, 4) is 0 Å². The topological polar surface area (TPSA) is 107 Å². The number of nitrogens with zero attached hydrogens (tertiary/aromatic N) is 1. The predicted molar refractivity (Wildman–Crippen MR) is 49.6 cm³/mol. The molecule has 0 aromatic heterocycles. The number of carbonyl (C=O) groups is 1. The number of rotatable bonds is 6. The van der Waals surface area contributed by atoms with E-state index < -0.39 is 31.3 Å². The van der Waals surface area contributed by atoms with E-state index in [2.05, 4.69) is 9.39 Å². The van der Waals surface area contributed by atoms with Crippen molar-refractivity contribution in [2.24, 2.45) is 5.73 Å². The highest BCUT2D eigenvalue weighted by molar-refractivity contribution is 7.13. The summed E-state index contributed by atoms with van der Waals surface area (Å²) >= 11 is 0. The first-order valence-corrected chi connectivity index (χ1v) is 4.17. The van der Waals surface area contributed by atoms with Crippen molar-refractivity contribution in [1.82, 2.24) is 4.67 Å². The second-order valence-corrected chi connectivity index (χ2v) is 3.42. The molecule has 0 aromatic carbocycles. The van der Waals surface area contributed by atoms with Gasteiger partial charge in [-0.2, -0.15) is 0 Å². The number of carbonyl (C=O) groups excluding carboxylic acids is 1. The van der Waals surface area contributed by atoms with E-state index in [4.69, 9.17) is 21.1 Å². The van der Waals surface area contributed by atoms with Gasteiger partial charge in [0, 0.05) is 0 Å². The van der Waals surface area contributed by atoms with Crippen LogP contribution in [0.15, 0.2) is 0 Å². The first-order valence-electron chi connectivity index (χ1n) is 3.65. The molecule has 0 fully saturated rings. The fourth-order valence-electron chi connectivity index (χ4n) is 0.758. The summed E-state index contributed by atoms with van der Waals surface area (Å²) < 4.78 is 1.25. The third-order valence-corrected chi connectivity index (χ3v) is 2.55. The molecular formula is C6H15N2O4P. The molecule has 78 valence electrons. The fourth-order valence-corrected chi connectivity index (χ4v) is 1.18. The van der Waals surface area contributed by atoms with E-state index in [0.717, 1.165) is 0 Å². The van der Waals surface area contributed by atoms with Gasteiger partial charge in [0.15, 0.2) is 0 Å². The Morgan fingerprint density at radius 2 is 1.69 bits per heavy atom. The van der Waals surface area contributed by atoms with Crippen LogP contribution >= 0.6 is 9.39 Å². The highest BCUT2D eigenvalue weighted by Gasteiger charge is 2.33. The number of amides is 1. The summed E-state index contributed by atoms with van der Waals surface area (Å²) in [4.78, 5) is 10.5. The number of hydrogen-bond donors (Lipinski definition) is 4. The monoisotopic (exact) mass is 210 g/mol. The largest absolute Gasteiger partial charge is 0.394 e. The van der Waals surface area contributed by atoms with Crippen LogP contribution in [0, 0.1) is 0 Å². The number of nitrogens with two attached hydrogens (primary N) is 1. The molecule has 0 saturated carbocycles. The zero-order valence-electron chi connectivity index (χ0n) is 7.18. The highest BCUT2D eigenvalue weighted by atomic mass is 31.0. The zero-order chi connectivity index (χ0) is 10.5. The normalized spacial score (nSPS) is 12.1. The first kappa shape index (κ1) is 12.7. The average Bonchev–Trinajstić information content (AvgIpc) is 2.07. The highest BCUT2D eigenvalue weighted by Crippen LogP contribution is 2.17. The Bertz CT molecular complexity index is 166. The molecule has 13 heavy (non-hydrogen) atoms. The Balaban J connectivity index is 4.43. The van der Waals surface area contributed by atoms with Gasteiger partial charge in [0.25, 0.3) is 0 Å². The van der Waals surface area contributed by atoms with E-state index in [1.54, 1.807) is 0 Å². The molecule has 0 saturated heterocycles. The lowest BCUT2D eigenvalue weighted by Crippen LogP contribution is -2.54. The van der Waals surface area contributed by atoms with E-state index in [-0.39, 0.29) is 6.54 Å². The van der Waals surface area contributed by atoms with Gasteiger partial charge in [-0.15, -0.1) is 0 Å². The van der Waals surface area contributed by atoms with E-state index in [1.807, 2.05) is 0 Å². The molecule has 6 nitrogen and oxygen atoms in total. The second-order valence-electron chi connectivity index (χ2n) is 2.79. The number of primary amides is 1. The maximum atomic E-state index is 10.5. The van der Waals surface area contributed by atoms with Crippen molar-refractivity contribution >= 4 is 15.3 Å². The summed E-state index contributed by atoms with van der Waals surface area (Å²) in [5.74, 6) is -0.602. The Kier molecular flexibility index (Phi) is 5.36. The minimum Gasteiger partial charge on any atom is -0.394 e. The van der Waals surface area contributed by atoms with Crippen LogP contribution in [0.2, 0.25) is 0 Å². The lowest BCUT2D eigenvalue weighted by Gasteiger charge is -2.36. The Morgan fingerprint density at radius 1 is 1.31 bits per heavy atom. The van der Waals surface area contributed by atoms with Crippen LogP contribution in [-0.2, 0) is 4.79 Å². The van der Waals surface area contributed by atoms with Crippen LogP contribution in [0.25, 0.3) is 0 Å². The second kappa shape index (κ2) is 5.47. The molecule has 0 bridgehead atoms. The Labute approximate surface area is 78.6 Å². The van der Waals surface area contributed by atoms with Crippen LogP contribution in [0.3, 0.4) is 0 Å². The molecule has 0 rings (SSSR count). The van der Waals surface area contributed by atoms with Crippen molar-refractivity contribution in [3.05, 3.63) is 0 Å². The number of aliphatic hydroxyl groups is 3. The van der Waals surface area contributed by atoms with Gasteiger partial charge in [0.05, 0.1) is 31.9 Å². The minimum absolute atomic E-state index is 0.160. The lowest BCUT2D eigenvalue weighted by atomic mass is 10.0. The van der Waals surface area contributed by atoms with Gasteiger partial charge < -0.3 is 21.1 Å². The molecule has 0 spiro atoms. The first-order chi connectivity index (χ1) is 6.02. The number of aliphatic hydroxyl groups excluding tert-OH is 3. The smallest absolute Gasteiger partial charge is 0.231 e. The molecule has 0 aliphatic carbocycles. The van der Waals surface area contributed by atoms with Gasteiger partial charge in [-0.25, -0.2) is 0 Å². The van der Waals surface area contributed by atoms with E-state index in [1.165, 1.54) is 4.67 Å². The summed E-state index contributed by atoms with van der Waals surface area (Å²) in [6.45, 7) is -1.54. The Hall–Kier alpha value is -0.260. The summed E-state index contributed by atoms with van der Waals surface area (Å²) in [7, 11) is 2.13. The molecule has 0 aliphatic rings. The van der Waals surface area contributed by atoms with Crippen molar-refractivity contribution in [2.75, 3.05) is 26.4 Å². The summed E-state index contributed by atoms with van der Waals surface area (Å²) in [6, 6.07) is 0. The van der Waals surface area contributed by atoms with E-state index in [9.17, 15) is 4.79 Å². The van der Waals surface area contributed by atoms with Gasteiger partial charge in [0.2, 0.25) is 5.91 Å². The van der Waals surface area contributed by atoms with Crippen LogP contribution < -0.4 is 5.73 Å². The molecule has 1 amide bonds. The van der Waals surface area contributed by atoms with Crippen molar-refractivity contribution in [2.45, 2.75) is 5.54 Å². The average molecular weight is 210 g/mol. The molecule has 5 N–H and O–H groups in total. The zero-order valence-corrected chi connectivity index (χ0v) is 8.33. The number of hydrogen-bond acceptors (Lipinski definition) is 5. The molecule has 1 unspecified atom stereocenters. The third-order valence-electron chi connectivity index (χ3n) is 1.82. The molecule has 1 atom stereocenters. The van der Waals surface area contributed by atoms with Crippen LogP contribution in [-0.4, -0.2) is 57.8 Å². The quantitative estimate of drug-likeness (QED) is 0.356. The molecular weight excluding hydrogens is 195 g/mol. The third kappa shape index (κ3) is 3.17. The standard InChI is InChI=1S/C6H15N2O4P/c7-5(12)1-8(13)6(2-9,3-10)4-11/h9-11H,1-4,13H2,(H2,7,12). The van der Waals surface area contributed by atoms with Crippen molar-refractivity contribution < 1.29 is 20.1 Å². The van der Waals surface area contributed by atoms with Crippen LogP contribution in [0.4, 0.5) is 0 Å². The molecule has 0 aromatic rings. The molecule has 7 heteroatoms. The lowest BCUT2D eigenvalue weighted by molar-refractivity contribution is -0.120. The van der Waals surface area contributed by atoms with Crippen LogP contribution in [0.5, 0.6) is 0 Å². The fraction of sp³-hybridized carbons (Fsp3) is 0.833.